The van der Waals surface area contributed by atoms with Crippen LogP contribution in [0.1, 0.15) is 22.7 Å². The van der Waals surface area contributed by atoms with Crippen LogP contribution < -0.4 is 4.90 Å². The van der Waals surface area contributed by atoms with Gasteiger partial charge >= 0.3 is 0 Å². The molecule has 3 heterocycles. The molecule has 5 aromatic rings. The molecule has 0 bridgehead atoms. The smallest absolute Gasteiger partial charge is 0.170 e. The summed E-state index contributed by atoms with van der Waals surface area (Å²) in [6.07, 6.45) is 3.50. The predicted molar refractivity (Wildman–Crippen MR) is 145 cm³/mol. The SMILES string of the molecule is Cc1cccc(-n2cnc3c(N4CCN([C@H](c5ccccc5)c5ccc(Cl)cc5)CC4)ncnc32)c1. The Kier molecular flexibility index (Phi) is 6.13. The van der Waals surface area contributed by atoms with E-state index in [1.165, 1.54) is 16.7 Å². The summed E-state index contributed by atoms with van der Waals surface area (Å²) in [5, 5.41) is 0.758. The predicted octanol–water partition coefficient (Wildman–Crippen LogP) is 5.69. The van der Waals surface area contributed by atoms with E-state index in [0.717, 1.165) is 53.9 Å². The third kappa shape index (κ3) is 4.34. The van der Waals surface area contributed by atoms with Crippen LogP contribution in [0.25, 0.3) is 16.9 Å². The number of benzene rings is 3. The molecule has 0 aliphatic carbocycles. The first-order chi connectivity index (χ1) is 17.7. The van der Waals surface area contributed by atoms with Crippen molar-refractivity contribution < 1.29 is 0 Å². The second kappa shape index (κ2) is 9.72. The van der Waals surface area contributed by atoms with E-state index in [-0.39, 0.29) is 6.04 Å². The van der Waals surface area contributed by atoms with Crippen molar-refractivity contribution in [3.05, 3.63) is 113 Å². The lowest BCUT2D eigenvalue weighted by Gasteiger charge is -2.40. The quantitative estimate of drug-likeness (QED) is 0.314. The summed E-state index contributed by atoms with van der Waals surface area (Å²) in [7, 11) is 0. The molecule has 0 spiro atoms. The lowest BCUT2D eigenvalue weighted by atomic mass is 9.96. The van der Waals surface area contributed by atoms with E-state index in [1.807, 2.05) is 23.0 Å². The number of nitrogens with zero attached hydrogens (tertiary/aromatic N) is 6. The Labute approximate surface area is 215 Å². The Hall–Kier alpha value is -3.74. The summed E-state index contributed by atoms with van der Waals surface area (Å²) in [5.74, 6) is 0.897. The van der Waals surface area contributed by atoms with Gasteiger partial charge in [0.15, 0.2) is 17.0 Å². The fourth-order valence-corrected chi connectivity index (χ4v) is 5.23. The number of rotatable bonds is 5. The van der Waals surface area contributed by atoms with Crippen molar-refractivity contribution in [3.63, 3.8) is 0 Å². The second-order valence-electron chi connectivity index (χ2n) is 9.21. The van der Waals surface area contributed by atoms with Gasteiger partial charge in [-0.2, -0.15) is 0 Å². The van der Waals surface area contributed by atoms with E-state index in [2.05, 4.69) is 93.4 Å². The van der Waals surface area contributed by atoms with Crippen molar-refractivity contribution in [2.24, 2.45) is 0 Å². The highest BCUT2D eigenvalue weighted by atomic mass is 35.5. The lowest BCUT2D eigenvalue weighted by Crippen LogP contribution is -2.48. The molecule has 1 atom stereocenters. The normalized spacial score (nSPS) is 15.3. The van der Waals surface area contributed by atoms with Crippen LogP contribution in [0.3, 0.4) is 0 Å². The lowest BCUT2D eigenvalue weighted by molar-refractivity contribution is 0.212. The number of fused-ring (bicyclic) bond motifs is 1. The molecular formula is C29H27ClN6. The summed E-state index contributed by atoms with van der Waals surface area (Å²) in [6.45, 7) is 5.63. The molecule has 6 nitrogen and oxygen atoms in total. The average molecular weight is 495 g/mol. The molecule has 180 valence electrons. The Bertz CT molecular complexity index is 1470. The first-order valence-electron chi connectivity index (χ1n) is 12.2. The van der Waals surface area contributed by atoms with Crippen LogP contribution in [0.5, 0.6) is 0 Å². The molecule has 1 fully saturated rings. The van der Waals surface area contributed by atoms with Crippen LogP contribution in [-0.4, -0.2) is 50.6 Å². The van der Waals surface area contributed by atoms with Gasteiger partial charge in [-0.25, -0.2) is 15.0 Å². The van der Waals surface area contributed by atoms with E-state index < -0.39 is 0 Å². The number of hydrogen-bond acceptors (Lipinski definition) is 5. The number of imidazole rings is 1. The number of hydrogen-bond donors (Lipinski definition) is 0. The number of aryl methyl sites for hydroxylation is 1. The minimum absolute atomic E-state index is 0.177. The largest absolute Gasteiger partial charge is 0.352 e. The Morgan fingerprint density at radius 2 is 1.53 bits per heavy atom. The van der Waals surface area contributed by atoms with Crippen LogP contribution in [0.15, 0.2) is 91.5 Å². The molecule has 3 aromatic carbocycles. The van der Waals surface area contributed by atoms with Crippen molar-refractivity contribution in [2.45, 2.75) is 13.0 Å². The number of halogens is 1. The molecule has 6 rings (SSSR count). The summed E-state index contributed by atoms with van der Waals surface area (Å²) in [5.41, 5.74) is 6.46. The molecule has 0 N–H and O–H groups in total. The van der Waals surface area contributed by atoms with E-state index in [9.17, 15) is 0 Å². The standard InChI is InChI=1S/C29H27ClN6/c1-21-6-5-9-25(18-21)36-20-33-26-28(31-19-32-29(26)36)35-16-14-34(15-17-35)27(22-7-3-2-4-8-22)23-10-12-24(30)13-11-23/h2-13,18-20,27H,14-17H2,1H3/t27-/m1/s1. The fourth-order valence-electron chi connectivity index (χ4n) is 5.11. The molecule has 7 heteroatoms. The van der Waals surface area contributed by atoms with Gasteiger partial charge in [0, 0.05) is 36.9 Å². The maximum absolute atomic E-state index is 6.19. The zero-order chi connectivity index (χ0) is 24.5. The topological polar surface area (TPSA) is 50.1 Å². The van der Waals surface area contributed by atoms with Crippen LogP contribution >= 0.6 is 11.6 Å². The molecule has 0 amide bonds. The molecular weight excluding hydrogens is 468 g/mol. The highest BCUT2D eigenvalue weighted by Gasteiger charge is 2.28. The van der Waals surface area contributed by atoms with Crippen molar-refractivity contribution in [1.29, 1.82) is 0 Å². The first kappa shape index (κ1) is 22.7. The van der Waals surface area contributed by atoms with Crippen LogP contribution in [-0.2, 0) is 0 Å². The monoisotopic (exact) mass is 494 g/mol. The zero-order valence-electron chi connectivity index (χ0n) is 20.1. The summed E-state index contributed by atoms with van der Waals surface area (Å²) < 4.78 is 2.04. The molecule has 0 radical (unpaired) electrons. The van der Waals surface area contributed by atoms with Crippen molar-refractivity contribution in [3.8, 4) is 5.69 Å². The van der Waals surface area contributed by atoms with Gasteiger partial charge in [0.1, 0.15) is 12.7 Å². The molecule has 0 unspecified atom stereocenters. The van der Waals surface area contributed by atoms with Crippen LogP contribution in [0.2, 0.25) is 5.02 Å². The van der Waals surface area contributed by atoms with Gasteiger partial charge in [-0.05, 0) is 47.9 Å². The highest BCUT2D eigenvalue weighted by molar-refractivity contribution is 6.30. The van der Waals surface area contributed by atoms with Crippen molar-refractivity contribution in [2.75, 3.05) is 31.1 Å². The van der Waals surface area contributed by atoms with E-state index in [4.69, 9.17) is 16.6 Å². The maximum Gasteiger partial charge on any atom is 0.170 e. The average Bonchev–Trinajstić information content (AvgIpc) is 3.36. The molecule has 0 saturated carbocycles. The van der Waals surface area contributed by atoms with Crippen molar-refractivity contribution in [1.82, 2.24) is 24.4 Å². The summed E-state index contributed by atoms with van der Waals surface area (Å²) >= 11 is 6.19. The van der Waals surface area contributed by atoms with Gasteiger partial charge in [-0.1, -0.05) is 66.2 Å². The fraction of sp³-hybridized carbons (Fsp3) is 0.207. The molecule has 1 aliphatic rings. The second-order valence-corrected chi connectivity index (χ2v) is 9.65. The van der Waals surface area contributed by atoms with E-state index in [1.54, 1.807) is 6.33 Å². The molecule has 36 heavy (non-hydrogen) atoms. The van der Waals surface area contributed by atoms with Gasteiger partial charge in [0.05, 0.1) is 6.04 Å². The Morgan fingerprint density at radius 1 is 0.778 bits per heavy atom. The van der Waals surface area contributed by atoms with Gasteiger partial charge < -0.3 is 4.90 Å². The zero-order valence-corrected chi connectivity index (χ0v) is 20.9. The molecule has 2 aromatic heterocycles. The van der Waals surface area contributed by atoms with Crippen LogP contribution in [0, 0.1) is 6.92 Å². The third-order valence-electron chi connectivity index (χ3n) is 6.87. The Morgan fingerprint density at radius 3 is 2.28 bits per heavy atom. The van der Waals surface area contributed by atoms with E-state index in [0.29, 0.717) is 0 Å². The summed E-state index contributed by atoms with van der Waals surface area (Å²) in [4.78, 5) is 18.8. The molecule has 1 saturated heterocycles. The van der Waals surface area contributed by atoms with Gasteiger partial charge in [-0.3, -0.25) is 9.47 Å². The van der Waals surface area contributed by atoms with Crippen LogP contribution in [0.4, 0.5) is 5.82 Å². The summed E-state index contributed by atoms with van der Waals surface area (Å²) in [6, 6.07) is 27.5. The molecule has 1 aliphatic heterocycles. The number of piperazine rings is 1. The van der Waals surface area contributed by atoms with Crippen molar-refractivity contribution >= 4 is 28.6 Å². The minimum Gasteiger partial charge on any atom is -0.352 e. The number of aromatic nitrogens is 4. The third-order valence-corrected chi connectivity index (χ3v) is 7.13. The van der Waals surface area contributed by atoms with Gasteiger partial charge in [0.2, 0.25) is 0 Å². The van der Waals surface area contributed by atoms with Gasteiger partial charge in [0.25, 0.3) is 0 Å². The minimum atomic E-state index is 0.177. The maximum atomic E-state index is 6.19. The highest BCUT2D eigenvalue weighted by Crippen LogP contribution is 2.32. The number of anilines is 1. The van der Waals surface area contributed by atoms with Gasteiger partial charge in [-0.15, -0.1) is 0 Å². The Balaban J connectivity index is 1.27. The first-order valence-corrected chi connectivity index (χ1v) is 12.6. The van der Waals surface area contributed by atoms with E-state index >= 15 is 0 Å².